The van der Waals surface area contributed by atoms with Gasteiger partial charge in [-0.3, -0.25) is 9.69 Å². The fourth-order valence-corrected chi connectivity index (χ4v) is 8.59. The van der Waals surface area contributed by atoms with E-state index in [9.17, 15) is 19.8 Å². The summed E-state index contributed by atoms with van der Waals surface area (Å²) in [5.41, 5.74) is 3.15. The molecule has 0 radical (unpaired) electrons. The van der Waals surface area contributed by atoms with Gasteiger partial charge in [-0.15, -0.1) is 6.61 Å². The number of hydrogen-bond acceptors (Lipinski definition) is 6. The Morgan fingerprint density at radius 1 is 0.957 bits per heavy atom. The molecule has 2 aromatic rings. The van der Waals surface area contributed by atoms with Gasteiger partial charge in [0.25, 0.3) is 0 Å². The van der Waals surface area contributed by atoms with Crippen LogP contribution in [0, 0.1) is 17.8 Å². The van der Waals surface area contributed by atoms with Gasteiger partial charge in [-0.05, 0) is 61.0 Å². The zero-order valence-corrected chi connectivity index (χ0v) is 27.5. The molecule has 0 aromatic heterocycles. The second-order valence-electron chi connectivity index (χ2n) is 14.5. The van der Waals surface area contributed by atoms with E-state index in [2.05, 4.69) is 47.1 Å². The number of piperidine rings is 1. The highest BCUT2D eigenvalue weighted by molar-refractivity contribution is 5.74. The number of carboxylic acids is 1. The molecule has 2 heterocycles. The largest absolute Gasteiger partial charge is 0.851 e. The van der Waals surface area contributed by atoms with Crippen LogP contribution in [0.5, 0.6) is 0 Å². The first-order valence-corrected chi connectivity index (χ1v) is 17.8. The summed E-state index contributed by atoms with van der Waals surface area (Å²) in [5, 5.41) is 21.4. The normalized spacial score (nSPS) is 26.9. The van der Waals surface area contributed by atoms with E-state index in [0.29, 0.717) is 30.8 Å². The molecule has 4 fully saturated rings. The van der Waals surface area contributed by atoms with Gasteiger partial charge >= 0.3 is 12.1 Å². The predicted molar refractivity (Wildman–Crippen MR) is 176 cm³/mol. The SMILES string of the molecule is CC1CC1N(C(=O)OCCc1ccc(C[O-])cc1)C1CCN(C[C@H]2CN([C@@H](C(=O)O)C3CCCCC3)C[C@@H]2c2ccccc2)CC1. The Bertz CT molecular complexity index is 1280. The predicted octanol–water partition coefficient (Wildman–Crippen LogP) is 5.15. The Hall–Kier alpha value is -2.94. The number of likely N-dealkylation sites (tertiary alicyclic amines) is 2. The van der Waals surface area contributed by atoms with E-state index >= 15 is 0 Å². The van der Waals surface area contributed by atoms with Crippen LogP contribution in [0.2, 0.25) is 0 Å². The second kappa shape index (κ2) is 15.3. The number of carbonyl (C=O) groups is 2. The number of benzene rings is 2. The summed E-state index contributed by atoms with van der Waals surface area (Å²) in [6.07, 6.45) is 8.91. The Balaban J connectivity index is 1.06. The standard InChI is InChI=1S/C38H52N3O5/c1-27-22-35(27)41(38(45)46-21-18-28-12-14-29(26-42)15-13-28)33-16-19-39(20-17-33)23-32-24-40(25-34(32)30-8-4-2-5-9-30)36(37(43)44)31-10-6-3-7-11-31/h2,4-5,8-9,12-15,27,31-36H,3,6-7,10-11,16-26H2,1H3,(H,43,44)/q-1/t27?,32-,34+,35?,36+/m0/s1. The van der Waals surface area contributed by atoms with Crippen LogP contribution in [-0.2, 0) is 22.6 Å². The highest BCUT2D eigenvalue weighted by atomic mass is 16.6. The molecule has 2 unspecified atom stereocenters. The van der Waals surface area contributed by atoms with Crippen molar-refractivity contribution in [3.63, 3.8) is 0 Å². The van der Waals surface area contributed by atoms with Crippen LogP contribution >= 0.6 is 0 Å². The van der Waals surface area contributed by atoms with Crippen molar-refractivity contribution in [2.75, 3.05) is 39.3 Å². The third kappa shape index (κ3) is 7.95. The molecular formula is C38H52N3O5-. The van der Waals surface area contributed by atoms with Crippen LogP contribution in [0.1, 0.15) is 80.9 Å². The van der Waals surface area contributed by atoms with Crippen LogP contribution in [0.3, 0.4) is 0 Å². The molecule has 2 saturated heterocycles. The minimum Gasteiger partial charge on any atom is -0.851 e. The first kappa shape index (κ1) is 33.0. The molecule has 1 amide bonds. The number of amides is 1. The first-order valence-electron chi connectivity index (χ1n) is 17.8. The van der Waals surface area contributed by atoms with Crippen molar-refractivity contribution in [1.29, 1.82) is 0 Å². The van der Waals surface area contributed by atoms with Crippen molar-refractivity contribution in [2.45, 2.75) is 95.4 Å². The van der Waals surface area contributed by atoms with Crippen molar-refractivity contribution in [3.05, 3.63) is 71.3 Å². The minimum absolute atomic E-state index is 0.183. The van der Waals surface area contributed by atoms with Crippen LogP contribution in [0.25, 0.3) is 0 Å². The van der Waals surface area contributed by atoms with Crippen molar-refractivity contribution in [2.24, 2.45) is 17.8 Å². The van der Waals surface area contributed by atoms with E-state index in [0.717, 1.165) is 88.8 Å². The number of carboxylic acid groups (broad SMARTS) is 1. The number of rotatable bonds is 12. The van der Waals surface area contributed by atoms with E-state index < -0.39 is 5.97 Å². The fraction of sp³-hybridized carbons (Fsp3) is 0.632. The van der Waals surface area contributed by atoms with Crippen LogP contribution in [0.4, 0.5) is 4.79 Å². The minimum atomic E-state index is -0.654. The van der Waals surface area contributed by atoms with Gasteiger partial charge in [0.2, 0.25) is 0 Å². The average molecular weight is 631 g/mol. The van der Waals surface area contributed by atoms with Gasteiger partial charge in [0.1, 0.15) is 6.04 Å². The molecule has 5 atom stereocenters. The summed E-state index contributed by atoms with van der Waals surface area (Å²) in [4.78, 5) is 32.9. The zero-order chi connectivity index (χ0) is 32.0. The van der Waals surface area contributed by atoms with Gasteiger partial charge in [0.05, 0.1) is 6.61 Å². The topological polar surface area (TPSA) is 96.4 Å². The Morgan fingerprint density at radius 2 is 1.63 bits per heavy atom. The van der Waals surface area contributed by atoms with E-state index in [1.165, 1.54) is 12.0 Å². The molecule has 0 bridgehead atoms. The fourth-order valence-electron chi connectivity index (χ4n) is 8.59. The van der Waals surface area contributed by atoms with E-state index in [1.54, 1.807) is 0 Å². The molecule has 8 heteroatoms. The maximum absolute atomic E-state index is 13.4. The number of carbonyl (C=O) groups excluding carboxylic acids is 1. The van der Waals surface area contributed by atoms with Gasteiger partial charge in [-0.1, -0.05) is 86.3 Å². The number of aliphatic carboxylic acids is 1. The molecule has 2 aromatic carbocycles. The Morgan fingerprint density at radius 3 is 2.26 bits per heavy atom. The summed E-state index contributed by atoms with van der Waals surface area (Å²) >= 11 is 0. The average Bonchev–Trinajstić information content (AvgIpc) is 3.65. The van der Waals surface area contributed by atoms with Gasteiger partial charge in [0, 0.05) is 57.1 Å². The third-order valence-corrected chi connectivity index (χ3v) is 11.3. The van der Waals surface area contributed by atoms with E-state index in [4.69, 9.17) is 4.74 Å². The molecule has 8 nitrogen and oxygen atoms in total. The molecule has 2 aliphatic heterocycles. The van der Waals surface area contributed by atoms with Crippen molar-refractivity contribution < 1.29 is 24.5 Å². The molecule has 250 valence electrons. The third-order valence-electron chi connectivity index (χ3n) is 11.3. The van der Waals surface area contributed by atoms with Crippen LogP contribution in [-0.4, -0.2) is 89.3 Å². The smallest absolute Gasteiger partial charge is 0.410 e. The lowest BCUT2D eigenvalue weighted by Gasteiger charge is -2.39. The summed E-state index contributed by atoms with van der Waals surface area (Å²) in [6.45, 7) is 6.78. The summed E-state index contributed by atoms with van der Waals surface area (Å²) in [6, 6.07) is 18.3. The lowest BCUT2D eigenvalue weighted by Crippen LogP contribution is -2.50. The molecule has 2 saturated carbocycles. The van der Waals surface area contributed by atoms with Gasteiger partial charge in [-0.25, -0.2) is 4.79 Å². The highest BCUT2D eigenvalue weighted by Crippen LogP contribution is 2.40. The molecule has 2 aliphatic carbocycles. The quantitative estimate of drug-likeness (QED) is 0.347. The summed E-state index contributed by atoms with van der Waals surface area (Å²) < 4.78 is 5.83. The van der Waals surface area contributed by atoms with Crippen LogP contribution in [0.15, 0.2) is 54.6 Å². The van der Waals surface area contributed by atoms with Crippen LogP contribution < -0.4 is 5.11 Å². The number of ether oxygens (including phenoxy) is 1. The van der Waals surface area contributed by atoms with Crippen molar-refractivity contribution in [1.82, 2.24) is 14.7 Å². The maximum atomic E-state index is 13.4. The van der Waals surface area contributed by atoms with E-state index in [1.807, 2.05) is 29.2 Å². The highest BCUT2D eigenvalue weighted by Gasteiger charge is 2.46. The first-order chi connectivity index (χ1) is 22.4. The second-order valence-corrected chi connectivity index (χ2v) is 14.5. The molecule has 46 heavy (non-hydrogen) atoms. The van der Waals surface area contributed by atoms with Gasteiger partial charge in [-0.2, -0.15) is 0 Å². The summed E-state index contributed by atoms with van der Waals surface area (Å²) in [7, 11) is 0. The Kier molecular flexibility index (Phi) is 11.0. The maximum Gasteiger partial charge on any atom is 0.410 e. The molecule has 0 spiro atoms. The van der Waals surface area contributed by atoms with Crippen molar-refractivity contribution in [3.8, 4) is 0 Å². The number of nitrogens with zero attached hydrogens (tertiary/aromatic N) is 3. The Labute approximate surface area is 274 Å². The zero-order valence-electron chi connectivity index (χ0n) is 27.5. The molecular weight excluding hydrogens is 578 g/mol. The van der Waals surface area contributed by atoms with Gasteiger partial charge in [0.15, 0.2) is 0 Å². The van der Waals surface area contributed by atoms with Gasteiger partial charge < -0.3 is 24.7 Å². The lowest BCUT2D eigenvalue weighted by molar-refractivity contribution is -0.386. The lowest BCUT2D eigenvalue weighted by atomic mass is 9.83. The van der Waals surface area contributed by atoms with Crippen molar-refractivity contribution >= 4 is 12.1 Å². The monoisotopic (exact) mass is 630 g/mol. The molecule has 4 aliphatic rings. The molecule has 6 rings (SSSR count). The molecule has 1 N–H and O–H groups in total. The van der Waals surface area contributed by atoms with E-state index in [-0.39, 0.29) is 36.7 Å². The number of hydrogen-bond donors (Lipinski definition) is 1. The summed E-state index contributed by atoms with van der Waals surface area (Å²) in [5.74, 6) is 0.791.